The molecule has 0 radical (unpaired) electrons. The minimum atomic E-state index is -1.02. The summed E-state index contributed by atoms with van der Waals surface area (Å²) in [5, 5.41) is 4.21. The van der Waals surface area contributed by atoms with E-state index in [9.17, 15) is 9.59 Å². The molecule has 0 saturated carbocycles. The lowest BCUT2D eigenvalue weighted by Crippen LogP contribution is -2.51. The van der Waals surface area contributed by atoms with E-state index in [1.165, 1.54) is 14.2 Å². The van der Waals surface area contributed by atoms with E-state index in [1.807, 2.05) is 48.5 Å². The summed E-state index contributed by atoms with van der Waals surface area (Å²) in [5.74, 6) is -2.16. The third kappa shape index (κ3) is 2.17. The summed E-state index contributed by atoms with van der Waals surface area (Å²) in [4.78, 5) is 27.1. The van der Waals surface area contributed by atoms with Gasteiger partial charge >= 0.3 is 11.9 Å². The highest BCUT2D eigenvalue weighted by Gasteiger charge is 2.58. The van der Waals surface area contributed by atoms with Gasteiger partial charge in [0.1, 0.15) is 11.5 Å². The van der Waals surface area contributed by atoms with E-state index in [-0.39, 0.29) is 5.71 Å². The van der Waals surface area contributed by atoms with Crippen LogP contribution in [-0.2, 0) is 24.6 Å². The van der Waals surface area contributed by atoms with Gasteiger partial charge in [0.15, 0.2) is 5.71 Å². The molecule has 0 aliphatic carbocycles. The molecule has 0 unspecified atom stereocenters. The number of esters is 2. The first kappa shape index (κ1) is 16.7. The van der Waals surface area contributed by atoms with E-state index in [2.05, 4.69) is 10.5 Å². The minimum absolute atomic E-state index is 0.0101. The van der Waals surface area contributed by atoms with Crippen LogP contribution < -0.4 is 5.43 Å². The molecule has 0 bridgehead atoms. The molecule has 0 saturated heterocycles. The molecular formula is C19H16N2O4S. The van der Waals surface area contributed by atoms with Gasteiger partial charge in [0.25, 0.3) is 0 Å². The number of carbonyl (C=O) groups is 2. The van der Waals surface area contributed by atoms with Gasteiger partial charge in [-0.3, -0.25) is 10.2 Å². The van der Waals surface area contributed by atoms with Crippen LogP contribution in [0, 0.1) is 5.92 Å². The van der Waals surface area contributed by atoms with Crippen LogP contribution in [0.15, 0.2) is 63.4 Å². The van der Waals surface area contributed by atoms with E-state index in [0.29, 0.717) is 0 Å². The molecule has 0 fully saturated rings. The molecule has 0 amide bonds. The van der Waals surface area contributed by atoms with Gasteiger partial charge in [0.2, 0.25) is 0 Å². The van der Waals surface area contributed by atoms with E-state index < -0.39 is 23.4 Å². The predicted octanol–water partition coefficient (Wildman–Crippen LogP) is 2.32. The summed E-state index contributed by atoms with van der Waals surface area (Å²) in [6.07, 6.45) is 0. The highest BCUT2D eigenvalue weighted by Crippen LogP contribution is 2.53. The van der Waals surface area contributed by atoms with Crippen molar-refractivity contribution >= 4 is 29.4 Å². The zero-order chi connectivity index (χ0) is 18.3. The standard InChI is InChI=1S/C19H16N2O4S/c1-24-17(22)15-16(18(23)25-2)20-21-19(15)11-7-3-5-9-13(11)26-14-10-6-4-8-12(14)19/h3-10,15,21H,1-2H3/t15-/m1/s1. The van der Waals surface area contributed by atoms with Crippen LogP contribution in [0.1, 0.15) is 11.1 Å². The molecule has 2 aliphatic heterocycles. The predicted molar refractivity (Wildman–Crippen MR) is 95.9 cm³/mol. The number of carbonyl (C=O) groups excluding carboxylic acids is 2. The van der Waals surface area contributed by atoms with Gasteiger partial charge in [0.05, 0.1) is 14.2 Å². The largest absolute Gasteiger partial charge is 0.468 e. The lowest BCUT2D eigenvalue weighted by molar-refractivity contribution is -0.146. The normalized spacial score (nSPS) is 19.0. The first-order chi connectivity index (χ1) is 12.6. The van der Waals surface area contributed by atoms with Crippen molar-refractivity contribution in [2.45, 2.75) is 15.3 Å². The number of nitrogens with one attached hydrogen (secondary N) is 1. The van der Waals surface area contributed by atoms with Crippen molar-refractivity contribution in [3.63, 3.8) is 0 Å². The third-order valence-electron chi connectivity index (χ3n) is 4.73. The number of hydrazone groups is 1. The van der Waals surface area contributed by atoms with Crippen LogP contribution in [0.25, 0.3) is 0 Å². The minimum Gasteiger partial charge on any atom is -0.468 e. The zero-order valence-electron chi connectivity index (χ0n) is 14.2. The number of ether oxygens (including phenoxy) is 2. The lowest BCUT2D eigenvalue weighted by atomic mass is 9.72. The van der Waals surface area contributed by atoms with Crippen LogP contribution in [-0.4, -0.2) is 31.9 Å². The molecule has 1 spiro atoms. The second kappa shape index (κ2) is 6.17. The zero-order valence-corrected chi connectivity index (χ0v) is 15.0. The van der Waals surface area contributed by atoms with Gasteiger partial charge in [-0.05, 0) is 23.3 Å². The smallest absolute Gasteiger partial charge is 0.355 e. The van der Waals surface area contributed by atoms with Crippen LogP contribution in [0.2, 0.25) is 0 Å². The van der Waals surface area contributed by atoms with Crippen molar-refractivity contribution in [1.82, 2.24) is 5.43 Å². The number of hydrogen-bond donors (Lipinski definition) is 1. The third-order valence-corrected chi connectivity index (χ3v) is 5.89. The van der Waals surface area contributed by atoms with Crippen molar-refractivity contribution in [1.29, 1.82) is 0 Å². The fraction of sp³-hybridized carbons (Fsp3) is 0.211. The van der Waals surface area contributed by atoms with Gasteiger partial charge in [-0.1, -0.05) is 48.2 Å². The number of benzene rings is 2. The number of nitrogens with zero attached hydrogens (tertiary/aromatic N) is 1. The Balaban J connectivity index is 2.00. The van der Waals surface area contributed by atoms with E-state index in [4.69, 9.17) is 9.47 Å². The molecule has 0 aromatic heterocycles. The Labute approximate surface area is 154 Å². The highest BCUT2D eigenvalue weighted by atomic mass is 32.2. The molecule has 1 atom stereocenters. The molecule has 2 heterocycles. The maximum Gasteiger partial charge on any atom is 0.355 e. The molecule has 4 rings (SSSR count). The van der Waals surface area contributed by atoms with Gasteiger partial charge in [-0.15, -0.1) is 0 Å². The summed E-state index contributed by atoms with van der Waals surface area (Å²) in [6, 6.07) is 15.6. The Morgan fingerprint density at radius 3 is 2.12 bits per heavy atom. The quantitative estimate of drug-likeness (QED) is 0.820. The Morgan fingerprint density at radius 2 is 1.58 bits per heavy atom. The summed E-state index contributed by atoms with van der Waals surface area (Å²) in [5.41, 5.74) is 3.83. The fourth-order valence-corrected chi connectivity index (χ4v) is 4.82. The van der Waals surface area contributed by atoms with Crippen molar-refractivity contribution in [2.75, 3.05) is 14.2 Å². The topological polar surface area (TPSA) is 77.0 Å². The molecule has 1 N–H and O–H groups in total. The number of fused-ring (bicyclic) bond motifs is 4. The van der Waals surface area contributed by atoms with Crippen molar-refractivity contribution in [2.24, 2.45) is 11.0 Å². The molecule has 7 heteroatoms. The average Bonchev–Trinajstić information content (AvgIpc) is 3.08. The Morgan fingerprint density at radius 1 is 1.00 bits per heavy atom. The SMILES string of the molecule is COC(=O)C1=NNC2(c3ccccc3Sc3ccccc32)[C@H]1C(=O)OC. The fourth-order valence-electron chi connectivity index (χ4n) is 3.61. The van der Waals surface area contributed by atoms with Crippen molar-refractivity contribution < 1.29 is 19.1 Å². The van der Waals surface area contributed by atoms with Crippen LogP contribution in [0.3, 0.4) is 0 Å². The van der Waals surface area contributed by atoms with E-state index >= 15 is 0 Å². The number of methoxy groups -OCH3 is 2. The van der Waals surface area contributed by atoms with Crippen molar-refractivity contribution in [3.05, 3.63) is 59.7 Å². The number of hydrogen-bond acceptors (Lipinski definition) is 7. The lowest BCUT2D eigenvalue weighted by Gasteiger charge is -2.40. The van der Waals surface area contributed by atoms with Crippen LogP contribution in [0.4, 0.5) is 0 Å². The highest BCUT2D eigenvalue weighted by molar-refractivity contribution is 7.99. The Kier molecular flexibility index (Phi) is 3.96. The molecule has 2 aliphatic rings. The van der Waals surface area contributed by atoms with Crippen molar-refractivity contribution in [3.8, 4) is 0 Å². The van der Waals surface area contributed by atoms with E-state index in [0.717, 1.165) is 20.9 Å². The molecule has 26 heavy (non-hydrogen) atoms. The summed E-state index contributed by atoms with van der Waals surface area (Å²) in [7, 11) is 2.57. The maximum atomic E-state index is 12.8. The summed E-state index contributed by atoms with van der Waals surface area (Å²) >= 11 is 1.62. The molecule has 132 valence electrons. The second-order valence-corrected chi connectivity index (χ2v) is 7.04. The monoisotopic (exact) mass is 368 g/mol. The summed E-state index contributed by atoms with van der Waals surface area (Å²) < 4.78 is 9.89. The maximum absolute atomic E-state index is 12.8. The van der Waals surface area contributed by atoms with Crippen LogP contribution >= 0.6 is 11.8 Å². The van der Waals surface area contributed by atoms with E-state index in [1.54, 1.807) is 11.8 Å². The van der Waals surface area contributed by atoms with Gasteiger partial charge in [-0.2, -0.15) is 5.10 Å². The molecular weight excluding hydrogens is 352 g/mol. The molecule has 2 aromatic carbocycles. The second-order valence-electron chi connectivity index (χ2n) is 5.96. The first-order valence-electron chi connectivity index (χ1n) is 8.01. The molecule has 2 aromatic rings. The Bertz CT molecular complexity index is 895. The van der Waals surface area contributed by atoms with Crippen LogP contribution in [0.5, 0.6) is 0 Å². The van der Waals surface area contributed by atoms with Gasteiger partial charge in [-0.25, -0.2) is 4.79 Å². The summed E-state index contributed by atoms with van der Waals surface area (Å²) in [6.45, 7) is 0. The Hall–Kier alpha value is -2.80. The number of rotatable bonds is 2. The first-order valence-corrected chi connectivity index (χ1v) is 8.83. The average molecular weight is 368 g/mol. The van der Waals surface area contributed by atoms with Gasteiger partial charge < -0.3 is 9.47 Å². The van der Waals surface area contributed by atoms with Gasteiger partial charge in [0, 0.05) is 9.79 Å². The molecule has 6 nitrogen and oxygen atoms in total.